The van der Waals surface area contributed by atoms with Gasteiger partial charge in [-0.15, -0.1) is 0 Å². The van der Waals surface area contributed by atoms with E-state index in [1.54, 1.807) is 6.92 Å². The summed E-state index contributed by atoms with van der Waals surface area (Å²) in [7, 11) is 0. The van der Waals surface area contributed by atoms with Crippen molar-refractivity contribution in [1.29, 1.82) is 0 Å². The highest BCUT2D eigenvalue weighted by molar-refractivity contribution is 5.73. The third kappa shape index (κ3) is 4.17. The maximum atomic E-state index is 11.6. The number of carbonyl (C=O) groups is 1. The second-order valence-electron chi connectivity index (χ2n) is 7.62. The molecule has 0 aliphatic carbocycles. The van der Waals surface area contributed by atoms with E-state index in [9.17, 15) is 4.79 Å². The van der Waals surface area contributed by atoms with Gasteiger partial charge >= 0.3 is 0 Å². The van der Waals surface area contributed by atoms with Crippen molar-refractivity contribution in [3.8, 4) is 0 Å². The van der Waals surface area contributed by atoms with Crippen LogP contribution in [0.5, 0.6) is 0 Å². The molecule has 2 aliphatic heterocycles. The molecule has 2 atom stereocenters. The molecule has 24 heavy (non-hydrogen) atoms. The smallest absolute Gasteiger partial charge is 0.219 e. The Morgan fingerprint density at radius 3 is 2.75 bits per heavy atom. The Morgan fingerprint density at radius 1 is 1.17 bits per heavy atom. The number of carbonyl (C=O) groups excluding carboxylic acids is 1. The zero-order valence-electron chi connectivity index (χ0n) is 15.4. The van der Waals surface area contributed by atoms with E-state index >= 15 is 0 Å². The lowest BCUT2D eigenvalue weighted by Crippen LogP contribution is -2.42. The largest absolute Gasteiger partial charge is 0.342 e. The number of rotatable bonds is 3. The van der Waals surface area contributed by atoms with Crippen molar-refractivity contribution in [1.82, 2.24) is 14.7 Å². The summed E-state index contributed by atoms with van der Waals surface area (Å²) in [6, 6.07) is 9.49. The molecule has 0 N–H and O–H groups in total. The van der Waals surface area contributed by atoms with Crippen LogP contribution < -0.4 is 0 Å². The van der Waals surface area contributed by atoms with Gasteiger partial charge in [0.2, 0.25) is 5.91 Å². The molecule has 1 aromatic carbocycles. The lowest BCUT2D eigenvalue weighted by molar-refractivity contribution is -0.128. The monoisotopic (exact) mass is 329 g/mol. The van der Waals surface area contributed by atoms with Crippen molar-refractivity contribution in [2.75, 3.05) is 39.3 Å². The second-order valence-corrected chi connectivity index (χ2v) is 7.62. The van der Waals surface area contributed by atoms with E-state index in [0.717, 1.165) is 45.7 Å². The third-order valence-corrected chi connectivity index (χ3v) is 5.58. The number of hydrogen-bond donors (Lipinski definition) is 0. The van der Waals surface area contributed by atoms with Gasteiger partial charge in [-0.05, 0) is 24.8 Å². The van der Waals surface area contributed by atoms with Crippen LogP contribution in [-0.4, -0.2) is 65.9 Å². The fourth-order valence-corrected chi connectivity index (χ4v) is 4.31. The summed E-state index contributed by atoms with van der Waals surface area (Å²) in [5, 5.41) is 0. The van der Waals surface area contributed by atoms with E-state index < -0.39 is 0 Å². The van der Waals surface area contributed by atoms with Crippen molar-refractivity contribution < 1.29 is 4.79 Å². The van der Waals surface area contributed by atoms with Crippen LogP contribution in [0, 0.1) is 12.8 Å². The van der Waals surface area contributed by atoms with Crippen LogP contribution in [0.25, 0.3) is 0 Å². The minimum absolute atomic E-state index is 0.220. The lowest BCUT2D eigenvalue weighted by Gasteiger charge is -2.30. The zero-order chi connectivity index (χ0) is 17.1. The van der Waals surface area contributed by atoms with Crippen LogP contribution in [0.4, 0.5) is 0 Å². The molecule has 2 fully saturated rings. The molecular formula is C20H31N3O. The summed E-state index contributed by atoms with van der Waals surface area (Å²) in [5.74, 6) is 0.913. The van der Waals surface area contributed by atoms with Gasteiger partial charge in [0.1, 0.15) is 0 Å². The zero-order valence-corrected chi connectivity index (χ0v) is 15.4. The summed E-state index contributed by atoms with van der Waals surface area (Å²) in [6.07, 6.45) is 1.10. The summed E-state index contributed by atoms with van der Waals surface area (Å²) >= 11 is 0. The van der Waals surface area contributed by atoms with Gasteiger partial charge < -0.3 is 4.90 Å². The van der Waals surface area contributed by atoms with Gasteiger partial charge in [0, 0.05) is 58.8 Å². The van der Waals surface area contributed by atoms with E-state index in [1.165, 1.54) is 17.7 Å². The molecular weight excluding hydrogens is 298 g/mol. The first kappa shape index (κ1) is 17.4. The van der Waals surface area contributed by atoms with E-state index in [2.05, 4.69) is 47.9 Å². The molecule has 132 valence electrons. The maximum absolute atomic E-state index is 11.6. The number of likely N-dealkylation sites (tertiary alicyclic amines) is 1. The lowest BCUT2D eigenvalue weighted by atomic mass is 10.0. The molecule has 3 rings (SSSR count). The number of aryl methyl sites for hydroxylation is 1. The van der Waals surface area contributed by atoms with Crippen molar-refractivity contribution >= 4 is 5.91 Å². The molecule has 4 heteroatoms. The number of nitrogens with zero attached hydrogens (tertiary/aromatic N) is 3. The Balaban J connectivity index is 1.58. The highest BCUT2D eigenvalue weighted by Crippen LogP contribution is 2.24. The predicted molar refractivity (Wildman–Crippen MR) is 97.9 cm³/mol. The summed E-state index contributed by atoms with van der Waals surface area (Å²) in [4.78, 5) is 18.9. The molecule has 1 aromatic rings. The van der Waals surface area contributed by atoms with Gasteiger partial charge in [0.05, 0.1) is 0 Å². The first-order chi connectivity index (χ1) is 11.5. The molecule has 2 saturated heterocycles. The molecule has 0 unspecified atom stereocenters. The number of amides is 1. The summed E-state index contributed by atoms with van der Waals surface area (Å²) in [6.45, 7) is 13.6. The van der Waals surface area contributed by atoms with E-state index in [1.807, 2.05) is 4.90 Å². The normalized spacial score (nSPS) is 26.5. The molecule has 1 amide bonds. The topological polar surface area (TPSA) is 26.8 Å². The molecule has 0 bridgehead atoms. The van der Waals surface area contributed by atoms with Crippen molar-refractivity contribution in [3.63, 3.8) is 0 Å². The predicted octanol–water partition coefficient (Wildman–Crippen LogP) is 2.37. The number of benzene rings is 1. The molecule has 2 heterocycles. The van der Waals surface area contributed by atoms with E-state index in [4.69, 9.17) is 0 Å². The molecule has 0 aromatic heterocycles. The van der Waals surface area contributed by atoms with Gasteiger partial charge in [-0.25, -0.2) is 0 Å². The SMILES string of the molecule is CC(=O)N1CCCN([C@H]2CN(Cc3cccc(C)c3)C[C@H]2C)CC1. The Morgan fingerprint density at radius 2 is 2.00 bits per heavy atom. The first-order valence-corrected chi connectivity index (χ1v) is 9.30. The summed E-state index contributed by atoms with van der Waals surface area (Å²) in [5.41, 5.74) is 2.76. The van der Waals surface area contributed by atoms with Crippen LogP contribution in [0.2, 0.25) is 0 Å². The van der Waals surface area contributed by atoms with Gasteiger partial charge in [-0.1, -0.05) is 36.8 Å². The molecule has 4 nitrogen and oxygen atoms in total. The van der Waals surface area contributed by atoms with Crippen LogP contribution in [-0.2, 0) is 11.3 Å². The van der Waals surface area contributed by atoms with Gasteiger partial charge in [-0.2, -0.15) is 0 Å². The minimum atomic E-state index is 0.220. The Labute approximate surface area is 146 Å². The van der Waals surface area contributed by atoms with Crippen LogP contribution >= 0.6 is 0 Å². The average Bonchev–Trinajstić information content (AvgIpc) is 2.74. The maximum Gasteiger partial charge on any atom is 0.219 e. The van der Waals surface area contributed by atoms with Crippen molar-refractivity contribution in [2.45, 2.75) is 39.8 Å². The van der Waals surface area contributed by atoms with Gasteiger partial charge in [0.15, 0.2) is 0 Å². The highest BCUT2D eigenvalue weighted by Gasteiger charge is 2.34. The number of hydrogen-bond acceptors (Lipinski definition) is 3. The quantitative estimate of drug-likeness (QED) is 0.852. The Hall–Kier alpha value is -1.39. The molecule has 0 saturated carbocycles. The second kappa shape index (κ2) is 7.66. The molecule has 2 aliphatic rings. The van der Waals surface area contributed by atoms with Crippen molar-refractivity contribution in [2.24, 2.45) is 5.92 Å². The van der Waals surface area contributed by atoms with Gasteiger partial charge in [-0.3, -0.25) is 14.6 Å². The van der Waals surface area contributed by atoms with E-state index in [-0.39, 0.29) is 5.91 Å². The van der Waals surface area contributed by atoms with Crippen LogP contribution in [0.15, 0.2) is 24.3 Å². The van der Waals surface area contributed by atoms with Crippen LogP contribution in [0.3, 0.4) is 0 Å². The van der Waals surface area contributed by atoms with Crippen molar-refractivity contribution in [3.05, 3.63) is 35.4 Å². The van der Waals surface area contributed by atoms with Crippen LogP contribution in [0.1, 0.15) is 31.4 Å². The van der Waals surface area contributed by atoms with Gasteiger partial charge in [0.25, 0.3) is 0 Å². The first-order valence-electron chi connectivity index (χ1n) is 9.30. The fraction of sp³-hybridized carbons (Fsp3) is 0.650. The summed E-state index contributed by atoms with van der Waals surface area (Å²) < 4.78 is 0. The molecule has 0 spiro atoms. The standard InChI is InChI=1S/C20H31N3O/c1-16-6-4-7-19(12-16)14-21-13-17(2)20(15-21)23-9-5-8-22(10-11-23)18(3)24/h4,6-7,12,17,20H,5,8-11,13-15H2,1-3H3/t17-,20+/m1/s1. The van der Waals surface area contributed by atoms with E-state index in [0.29, 0.717) is 12.0 Å². The average molecular weight is 329 g/mol. The Kier molecular flexibility index (Phi) is 5.57. The fourth-order valence-electron chi connectivity index (χ4n) is 4.31. The Bertz CT molecular complexity index is 574. The molecule has 0 radical (unpaired) electrons. The highest BCUT2D eigenvalue weighted by atomic mass is 16.2. The minimum Gasteiger partial charge on any atom is -0.342 e. The third-order valence-electron chi connectivity index (χ3n) is 5.58.